The summed E-state index contributed by atoms with van der Waals surface area (Å²) in [5.74, 6) is 0. The number of rotatable bonds is 3. The molecule has 1 unspecified atom stereocenters. The Labute approximate surface area is 69.9 Å². The van der Waals surface area contributed by atoms with Gasteiger partial charge >= 0.3 is 0 Å². The Morgan fingerprint density at radius 1 is 1.64 bits per heavy atom. The number of nitrogens with one attached hydrogen (secondary N) is 1. The first-order valence-corrected chi connectivity index (χ1v) is 4.72. The molecule has 0 aliphatic heterocycles. The molecule has 0 aromatic heterocycles. The van der Waals surface area contributed by atoms with Crippen LogP contribution in [-0.4, -0.2) is 12.6 Å². The highest BCUT2D eigenvalue weighted by molar-refractivity contribution is 5.05. The summed E-state index contributed by atoms with van der Waals surface area (Å²) in [6.07, 6.45) is 7.48. The molecule has 0 saturated heterocycles. The minimum atomic E-state index is 0.764. The fourth-order valence-electron chi connectivity index (χ4n) is 1.63. The lowest BCUT2D eigenvalue weighted by atomic mass is 9.96. The molecule has 0 aromatic rings. The summed E-state index contributed by atoms with van der Waals surface area (Å²) < 4.78 is 0. The van der Waals surface area contributed by atoms with Gasteiger partial charge in [0.15, 0.2) is 0 Å². The molecule has 0 amide bonds. The summed E-state index contributed by atoms with van der Waals surface area (Å²) in [6.45, 7) is 5.64. The van der Waals surface area contributed by atoms with Gasteiger partial charge in [-0.25, -0.2) is 0 Å². The molecule has 64 valence electrons. The lowest BCUT2D eigenvalue weighted by Crippen LogP contribution is -2.31. The van der Waals surface area contributed by atoms with Crippen molar-refractivity contribution in [3.05, 3.63) is 11.6 Å². The first-order chi connectivity index (χ1) is 5.33. The van der Waals surface area contributed by atoms with E-state index >= 15 is 0 Å². The molecule has 0 bridgehead atoms. The van der Waals surface area contributed by atoms with Crippen molar-refractivity contribution in [1.29, 1.82) is 0 Å². The van der Waals surface area contributed by atoms with Gasteiger partial charge < -0.3 is 5.32 Å². The van der Waals surface area contributed by atoms with Gasteiger partial charge in [0, 0.05) is 6.04 Å². The first-order valence-electron chi connectivity index (χ1n) is 4.72. The normalized spacial score (nSPS) is 24.9. The van der Waals surface area contributed by atoms with Crippen LogP contribution >= 0.6 is 0 Å². The molecule has 1 heteroatoms. The van der Waals surface area contributed by atoms with Crippen molar-refractivity contribution in [3.8, 4) is 0 Å². The Balaban J connectivity index is 2.21. The lowest BCUT2D eigenvalue weighted by molar-refractivity contribution is 0.464. The van der Waals surface area contributed by atoms with Crippen LogP contribution in [0.5, 0.6) is 0 Å². The maximum absolute atomic E-state index is 3.56. The Hall–Kier alpha value is -0.300. The minimum Gasteiger partial charge on any atom is -0.314 e. The van der Waals surface area contributed by atoms with Crippen molar-refractivity contribution in [2.75, 3.05) is 6.54 Å². The smallest absolute Gasteiger partial charge is 0.0107 e. The zero-order valence-electron chi connectivity index (χ0n) is 7.69. The van der Waals surface area contributed by atoms with E-state index in [-0.39, 0.29) is 0 Å². The van der Waals surface area contributed by atoms with E-state index < -0.39 is 0 Å². The summed E-state index contributed by atoms with van der Waals surface area (Å²) in [7, 11) is 0. The van der Waals surface area contributed by atoms with Crippen LogP contribution in [0, 0.1) is 0 Å². The standard InChI is InChI=1S/C10H19N/c1-3-7-11-10-6-4-5-9(2)8-10/h5,10-11H,3-4,6-8H2,1-2H3. The van der Waals surface area contributed by atoms with Gasteiger partial charge in [-0.3, -0.25) is 0 Å². The van der Waals surface area contributed by atoms with E-state index in [2.05, 4.69) is 25.2 Å². The quantitative estimate of drug-likeness (QED) is 0.614. The summed E-state index contributed by atoms with van der Waals surface area (Å²) >= 11 is 0. The zero-order chi connectivity index (χ0) is 8.10. The van der Waals surface area contributed by atoms with Crippen molar-refractivity contribution in [2.24, 2.45) is 0 Å². The van der Waals surface area contributed by atoms with Crippen LogP contribution in [0.2, 0.25) is 0 Å². The predicted octanol–water partition coefficient (Wildman–Crippen LogP) is 2.48. The molecule has 0 heterocycles. The summed E-state index contributed by atoms with van der Waals surface area (Å²) in [5.41, 5.74) is 1.56. The fraction of sp³-hybridized carbons (Fsp3) is 0.800. The molecule has 0 radical (unpaired) electrons. The van der Waals surface area contributed by atoms with Gasteiger partial charge in [0.2, 0.25) is 0 Å². The largest absolute Gasteiger partial charge is 0.314 e. The predicted molar refractivity (Wildman–Crippen MR) is 49.7 cm³/mol. The van der Waals surface area contributed by atoms with E-state index in [1.54, 1.807) is 5.57 Å². The van der Waals surface area contributed by atoms with E-state index in [9.17, 15) is 0 Å². The highest BCUT2D eigenvalue weighted by Crippen LogP contribution is 2.17. The van der Waals surface area contributed by atoms with E-state index in [0.29, 0.717) is 0 Å². The number of hydrogen-bond acceptors (Lipinski definition) is 1. The van der Waals surface area contributed by atoms with Crippen LogP contribution in [0.1, 0.15) is 39.5 Å². The molecular formula is C10H19N. The number of allylic oxidation sites excluding steroid dienone is 1. The molecule has 0 fully saturated rings. The van der Waals surface area contributed by atoms with Gasteiger partial charge in [0.05, 0.1) is 0 Å². The second kappa shape index (κ2) is 4.55. The summed E-state index contributed by atoms with van der Waals surface area (Å²) in [5, 5.41) is 3.56. The Bertz CT molecular complexity index is 138. The van der Waals surface area contributed by atoms with Crippen LogP contribution in [0.4, 0.5) is 0 Å². The van der Waals surface area contributed by atoms with Gasteiger partial charge in [0.25, 0.3) is 0 Å². The van der Waals surface area contributed by atoms with Crippen LogP contribution in [0.15, 0.2) is 11.6 Å². The molecule has 1 aliphatic carbocycles. The average molecular weight is 153 g/mol. The van der Waals surface area contributed by atoms with Crippen molar-refractivity contribution >= 4 is 0 Å². The SMILES string of the molecule is CCCNC1CCC=C(C)C1. The van der Waals surface area contributed by atoms with Gasteiger partial charge in [0.1, 0.15) is 0 Å². The van der Waals surface area contributed by atoms with E-state index in [4.69, 9.17) is 0 Å². The van der Waals surface area contributed by atoms with E-state index in [1.807, 2.05) is 0 Å². The van der Waals surface area contributed by atoms with E-state index in [0.717, 1.165) is 6.04 Å². The topological polar surface area (TPSA) is 12.0 Å². The highest BCUT2D eigenvalue weighted by Gasteiger charge is 2.10. The molecule has 0 spiro atoms. The second-order valence-corrected chi connectivity index (χ2v) is 3.48. The Kier molecular flexibility index (Phi) is 3.64. The maximum atomic E-state index is 3.56. The fourth-order valence-corrected chi connectivity index (χ4v) is 1.63. The van der Waals surface area contributed by atoms with Crippen LogP contribution in [-0.2, 0) is 0 Å². The van der Waals surface area contributed by atoms with Crippen LogP contribution < -0.4 is 5.32 Å². The van der Waals surface area contributed by atoms with Crippen molar-refractivity contribution in [3.63, 3.8) is 0 Å². The van der Waals surface area contributed by atoms with Gasteiger partial charge in [-0.05, 0) is 39.2 Å². The molecule has 1 atom stereocenters. The molecular weight excluding hydrogens is 134 g/mol. The van der Waals surface area contributed by atoms with Gasteiger partial charge in [-0.1, -0.05) is 18.6 Å². The maximum Gasteiger partial charge on any atom is 0.0107 e. The third kappa shape index (κ3) is 3.06. The lowest BCUT2D eigenvalue weighted by Gasteiger charge is -2.21. The average Bonchev–Trinajstić information content (AvgIpc) is 2.01. The molecule has 1 N–H and O–H groups in total. The monoisotopic (exact) mass is 153 g/mol. The van der Waals surface area contributed by atoms with Crippen molar-refractivity contribution in [1.82, 2.24) is 5.32 Å². The summed E-state index contributed by atoms with van der Waals surface area (Å²) in [4.78, 5) is 0. The number of hydrogen-bond donors (Lipinski definition) is 1. The zero-order valence-corrected chi connectivity index (χ0v) is 7.69. The molecule has 0 saturated carbocycles. The van der Waals surface area contributed by atoms with Gasteiger partial charge in [-0.15, -0.1) is 0 Å². The second-order valence-electron chi connectivity index (χ2n) is 3.48. The Morgan fingerprint density at radius 2 is 2.45 bits per heavy atom. The molecule has 1 nitrogen and oxygen atoms in total. The van der Waals surface area contributed by atoms with Crippen LogP contribution in [0.3, 0.4) is 0 Å². The van der Waals surface area contributed by atoms with E-state index in [1.165, 1.54) is 32.2 Å². The minimum absolute atomic E-state index is 0.764. The third-order valence-electron chi connectivity index (χ3n) is 2.26. The van der Waals surface area contributed by atoms with Crippen molar-refractivity contribution in [2.45, 2.75) is 45.6 Å². The molecule has 0 aromatic carbocycles. The molecule has 1 rings (SSSR count). The van der Waals surface area contributed by atoms with Gasteiger partial charge in [-0.2, -0.15) is 0 Å². The highest BCUT2D eigenvalue weighted by atomic mass is 14.9. The summed E-state index contributed by atoms with van der Waals surface area (Å²) in [6, 6.07) is 0.764. The first kappa shape index (κ1) is 8.79. The van der Waals surface area contributed by atoms with Crippen LogP contribution in [0.25, 0.3) is 0 Å². The molecule has 11 heavy (non-hydrogen) atoms. The Morgan fingerprint density at radius 3 is 3.09 bits per heavy atom. The molecule has 1 aliphatic rings. The third-order valence-corrected chi connectivity index (χ3v) is 2.26. The van der Waals surface area contributed by atoms with Crippen molar-refractivity contribution < 1.29 is 0 Å².